The van der Waals surface area contributed by atoms with Crippen molar-refractivity contribution in [3.63, 3.8) is 0 Å². The minimum absolute atomic E-state index is 0. The minimum Gasteiger partial charge on any atom is -0.488 e. The lowest BCUT2D eigenvalue weighted by atomic mass is 10.3. The van der Waals surface area contributed by atoms with Gasteiger partial charge in [-0.25, -0.2) is 8.78 Å². The van der Waals surface area contributed by atoms with Crippen LogP contribution in [0.3, 0.4) is 0 Å². The monoisotopic (exact) mass is 318 g/mol. The van der Waals surface area contributed by atoms with Crippen LogP contribution in [0, 0.1) is 17.6 Å². The molecular weight excluding hydrogens is 286 g/mol. The Hall–Kier alpha value is -1.16. The van der Waals surface area contributed by atoms with E-state index >= 15 is 0 Å². The van der Waals surface area contributed by atoms with Crippen molar-refractivity contribution in [3.05, 3.63) is 29.8 Å². The van der Waals surface area contributed by atoms with Gasteiger partial charge in [-0.3, -0.25) is 0 Å². The molecule has 0 saturated heterocycles. The highest BCUT2D eigenvalue weighted by Crippen LogP contribution is 2.29. The molecule has 1 aliphatic rings. The van der Waals surface area contributed by atoms with Crippen molar-refractivity contribution in [3.8, 4) is 5.75 Å². The van der Waals surface area contributed by atoms with Gasteiger partial charge in [0.15, 0.2) is 11.6 Å². The van der Waals surface area contributed by atoms with E-state index in [0.717, 1.165) is 18.6 Å². The van der Waals surface area contributed by atoms with Gasteiger partial charge in [0.1, 0.15) is 5.82 Å². The zero-order valence-corrected chi connectivity index (χ0v) is 12.7. The summed E-state index contributed by atoms with van der Waals surface area (Å²) in [7, 11) is 0. The molecule has 0 radical (unpaired) electrons. The third-order valence-corrected chi connectivity index (χ3v) is 2.62. The van der Waals surface area contributed by atoms with Crippen LogP contribution in [0.25, 0.3) is 0 Å². The Bertz CT molecular complexity index is 400. The topological polar surface area (TPSA) is 18.5 Å². The van der Waals surface area contributed by atoms with Crippen molar-refractivity contribution in [2.24, 2.45) is 5.92 Å². The summed E-state index contributed by atoms with van der Waals surface area (Å²) >= 11 is 0. The quantitative estimate of drug-likeness (QED) is 0.678. The van der Waals surface area contributed by atoms with Crippen LogP contribution in [-0.4, -0.2) is 18.8 Å². The van der Waals surface area contributed by atoms with Gasteiger partial charge in [0.05, 0.1) is 12.2 Å². The van der Waals surface area contributed by atoms with Crippen molar-refractivity contribution >= 4 is 0 Å². The minimum atomic E-state index is -0.663. The number of benzene rings is 1. The van der Waals surface area contributed by atoms with E-state index in [2.05, 4.69) is 13.8 Å². The molecule has 0 aliphatic heterocycles. The molecule has 1 fully saturated rings. The molecule has 2 rings (SSSR count). The fourth-order valence-corrected chi connectivity index (χ4v) is 1.44. The fraction of sp³-hybridized carbons (Fsp3) is 0.667. The van der Waals surface area contributed by atoms with Crippen LogP contribution in [0.2, 0.25) is 0 Å². The standard InChI is InChI=1S/C9H10F2O.C7H14O.2CH4/c1-6(2)12-9-4-3-7(10)5-8(9)11;1-6(2)8-5-7-3-4-7;;/h3-6H,1-2H3;6-7H,3-5H2,1-2H3;2*1H4. The van der Waals surface area contributed by atoms with Gasteiger partial charge in [-0.1, -0.05) is 14.9 Å². The lowest BCUT2D eigenvalue weighted by Gasteiger charge is -2.09. The first-order valence-electron chi connectivity index (χ1n) is 7.11. The second-order valence-electron chi connectivity index (χ2n) is 5.57. The van der Waals surface area contributed by atoms with Crippen LogP contribution < -0.4 is 4.74 Å². The smallest absolute Gasteiger partial charge is 0.167 e. The number of halogens is 2. The predicted molar refractivity (Wildman–Crippen MR) is 89.4 cm³/mol. The summed E-state index contributed by atoms with van der Waals surface area (Å²) in [5.41, 5.74) is 0. The highest BCUT2D eigenvalue weighted by atomic mass is 19.1. The average Bonchev–Trinajstić information content (AvgIpc) is 3.14. The van der Waals surface area contributed by atoms with E-state index in [4.69, 9.17) is 9.47 Å². The van der Waals surface area contributed by atoms with Gasteiger partial charge in [0, 0.05) is 12.7 Å². The molecule has 4 heteroatoms. The van der Waals surface area contributed by atoms with Gasteiger partial charge in [0.2, 0.25) is 0 Å². The first-order valence-corrected chi connectivity index (χ1v) is 7.11. The molecule has 1 aromatic carbocycles. The summed E-state index contributed by atoms with van der Waals surface area (Å²) in [6.45, 7) is 8.73. The molecule has 2 nitrogen and oxygen atoms in total. The second-order valence-corrected chi connectivity index (χ2v) is 5.57. The zero-order chi connectivity index (χ0) is 15.1. The molecule has 0 amide bonds. The van der Waals surface area contributed by atoms with E-state index in [-0.39, 0.29) is 26.7 Å². The van der Waals surface area contributed by atoms with E-state index < -0.39 is 11.6 Å². The van der Waals surface area contributed by atoms with E-state index in [1.54, 1.807) is 13.8 Å². The van der Waals surface area contributed by atoms with Crippen molar-refractivity contribution in [1.29, 1.82) is 0 Å². The van der Waals surface area contributed by atoms with Gasteiger partial charge < -0.3 is 9.47 Å². The Kier molecular flexibility index (Phi) is 12.0. The molecule has 22 heavy (non-hydrogen) atoms. The Morgan fingerprint density at radius 2 is 1.64 bits per heavy atom. The molecule has 0 heterocycles. The highest BCUT2D eigenvalue weighted by molar-refractivity contribution is 5.24. The van der Waals surface area contributed by atoms with Crippen molar-refractivity contribution in [2.75, 3.05) is 6.61 Å². The molecule has 0 spiro atoms. The van der Waals surface area contributed by atoms with Crippen LogP contribution in [0.1, 0.15) is 55.4 Å². The van der Waals surface area contributed by atoms with Crippen molar-refractivity contribution in [2.45, 2.75) is 67.6 Å². The Morgan fingerprint density at radius 1 is 1.05 bits per heavy atom. The second kappa shape index (κ2) is 11.4. The predicted octanol–water partition coefficient (Wildman–Crippen LogP) is 5.85. The number of rotatable bonds is 5. The Balaban J connectivity index is 0. The molecule has 0 N–H and O–H groups in total. The zero-order valence-electron chi connectivity index (χ0n) is 12.7. The van der Waals surface area contributed by atoms with E-state index in [1.807, 2.05) is 0 Å². The Labute approximate surface area is 134 Å². The molecule has 0 aromatic heterocycles. The summed E-state index contributed by atoms with van der Waals surface area (Å²) < 4.78 is 35.7. The van der Waals surface area contributed by atoms with Gasteiger partial charge in [-0.05, 0) is 58.6 Å². The number of hydrogen-bond acceptors (Lipinski definition) is 2. The third-order valence-electron chi connectivity index (χ3n) is 2.62. The van der Waals surface area contributed by atoms with Crippen LogP contribution >= 0.6 is 0 Å². The van der Waals surface area contributed by atoms with E-state index in [9.17, 15) is 8.78 Å². The lowest BCUT2D eigenvalue weighted by Crippen LogP contribution is -2.06. The molecule has 1 saturated carbocycles. The van der Waals surface area contributed by atoms with Crippen LogP contribution in [-0.2, 0) is 4.74 Å². The van der Waals surface area contributed by atoms with Crippen molar-refractivity contribution < 1.29 is 18.3 Å². The Morgan fingerprint density at radius 3 is 2.05 bits per heavy atom. The highest BCUT2D eigenvalue weighted by Gasteiger charge is 2.21. The van der Waals surface area contributed by atoms with Gasteiger partial charge in [-0.2, -0.15) is 0 Å². The molecule has 130 valence electrons. The maximum Gasteiger partial charge on any atom is 0.167 e. The SMILES string of the molecule is C.C.CC(C)OCC1CC1.CC(C)Oc1ccc(F)cc1F. The summed E-state index contributed by atoms with van der Waals surface area (Å²) in [6.07, 6.45) is 3.11. The number of ether oxygens (including phenoxy) is 2. The average molecular weight is 318 g/mol. The number of hydrogen-bond donors (Lipinski definition) is 0. The van der Waals surface area contributed by atoms with E-state index in [1.165, 1.54) is 25.0 Å². The molecule has 0 unspecified atom stereocenters. The maximum absolute atomic E-state index is 12.8. The van der Waals surface area contributed by atoms with Crippen LogP contribution in [0.5, 0.6) is 5.75 Å². The summed E-state index contributed by atoms with van der Waals surface area (Å²) in [5, 5.41) is 0. The molecular formula is C18H32F2O2. The normalized spacial score (nSPS) is 12.9. The van der Waals surface area contributed by atoms with Crippen molar-refractivity contribution in [1.82, 2.24) is 0 Å². The molecule has 0 bridgehead atoms. The van der Waals surface area contributed by atoms with Gasteiger partial charge in [0.25, 0.3) is 0 Å². The van der Waals surface area contributed by atoms with Gasteiger partial charge >= 0.3 is 0 Å². The van der Waals surface area contributed by atoms with E-state index in [0.29, 0.717) is 6.10 Å². The lowest BCUT2D eigenvalue weighted by molar-refractivity contribution is 0.0707. The largest absolute Gasteiger partial charge is 0.488 e. The first kappa shape index (κ1) is 23.1. The molecule has 1 aliphatic carbocycles. The van der Waals surface area contributed by atoms with Crippen LogP contribution in [0.15, 0.2) is 18.2 Å². The summed E-state index contributed by atoms with van der Waals surface area (Å²) in [4.78, 5) is 0. The summed E-state index contributed by atoms with van der Waals surface area (Å²) in [5.74, 6) is -0.254. The van der Waals surface area contributed by atoms with Crippen LogP contribution in [0.4, 0.5) is 8.78 Å². The third kappa shape index (κ3) is 10.6. The first-order chi connectivity index (χ1) is 9.38. The maximum atomic E-state index is 12.8. The molecule has 0 atom stereocenters. The fourth-order valence-electron chi connectivity index (χ4n) is 1.44. The summed E-state index contributed by atoms with van der Waals surface area (Å²) in [6, 6.07) is 3.25. The van der Waals surface area contributed by atoms with Gasteiger partial charge in [-0.15, -0.1) is 0 Å². The molecule has 1 aromatic rings.